The summed E-state index contributed by atoms with van der Waals surface area (Å²) in [5, 5.41) is 11.7. The molecule has 0 saturated carbocycles. The predicted octanol–water partition coefficient (Wildman–Crippen LogP) is 3.00. The van der Waals surface area contributed by atoms with Gasteiger partial charge < -0.3 is 10.4 Å². The molecule has 5 heteroatoms. The maximum atomic E-state index is 13.7. The third kappa shape index (κ3) is 5.53. The van der Waals surface area contributed by atoms with Gasteiger partial charge in [0.25, 0.3) is 5.91 Å². The average Bonchev–Trinajstić information content (AvgIpc) is 2.32. The van der Waals surface area contributed by atoms with E-state index in [4.69, 9.17) is 0 Å². The Morgan fingerprint density at radius 3 is 2.43 bits per heavy atom. The number of aliphatic carboxylic acids is 1. The van der Waals surface area contributed by atoms with E-state index < -0.39 is 23.6 Å². The summed E-state index contributed by atoms with van der Waals surface area (Å²) in [5.74, 6) is -2.85. The first-order valence-corrected chi connectivity index (χ1v) is 6.87. The molecule has 0 saturated heterocycles. The molecule has 1 amide bonds. The maximum Gasteiger partial charge on any atom is 0.308 e. The standard InChI is InChI=1S/C16H22FNO3/c1-10-5-6-12(13(17)7-10)14(19)18-9-11(15(20)21)8-16(2,3)4/h5-7,11H,8-9H2,1-4H3,(H,18,19)(H,20,21). The van der Waals surface area contributed by atoms with Crippen LogP contribution in [-0.4, -0.2) is 23.5 Å². The lowest BCUT2D eigenvalue weighted by Gasteiger charge is -2.23. The van der Waals surface area contributed by atoms with Gasteiger partial charge in [-0.25, -0.2) is 4.39 Å². The van der Waals surface area contributed by atoms with Crippen LogP contribution in [0, 0.1) is 24.1 Å². The van der Waals surface area contributed by atoms with Crippen LogP contribution in [0.5, 0.6) is 0 Å². The van der Waals surface area contributed by atoms with Crippen LogP contribution in [-0.2, 0) is 4.79 Å². The third-order valence-electron chi connectivity index (χ3n) is 3.09. The van der Waals surface area contributed by atoms with Crippen LogP contribution in [0.1, 0.15) is 43.1 Å². The summed E-state index contributed by atoms with van der Waals surface area (Å²) in [6.45, 7) is 7.52. The van der Waals surface area contributed by atoms with Crippen LogP contribution in [0.25, 0.3) is 0 Å². The molecule has 0 aromatic heterocycles. The van der Waals surface area contributed by atoms with E-state index in [9.17, 15) is 19.1 Å². The zero-order valence-electron chi connectivity index (χ0n) is 12.9. The summed E-state index contributed by atoms with van der Waals surface area (Å²) < 4.78 is 13.7. The molecule has 0 heterocycles. The Bertz CT molecular complexity index is 535. The molecule has 0 aliphatic carbocycles. The van der Waals surface area contributed by atoms with Crippen molar-refractivity contribution in [3.8, 4) is 0 Å². The van der Waals surface area contributed by atoms with E-state index in [0.717, 1.165) is 5.56 Å². The number of rotatable bonds is 5. The predicted molar refractivity (Wildman–Crippen MR) is 78.7 cm³/mol. The second kappa shape index (κ2) is 6.70. The van der Waals surface area contributed by atoms with Gasteiger partial charge >= 0.3 is 5.97 Å². The van der Waals surface area contributed by atoms with E-state index >= 15 is 0 Å². The minimum absolute atomic E-state index is 0.0151. The van der Waals surface area contributed by atoms with Crippen LogP contribution in [0.2, 0.25) is 0 Å². The highest BCUT2D eigenvalue weighted by Crippen LogP contribution is 2.24. The number of benzene rings is 1. The van der Waals surface area contributed by atoms with Crippen LogP contribution in [0.4, 0.5) is 4.39 Å². The van der Waals surface area contributed by atoms with Crippen LogP contribution >= 0.6 is 0 Å². The Kier molecular flexibility index (Phi) is 5.47. The topological polar surface area (TPSA) is 66.4 Å². The minimum Gasteiger partial charge on any atom is -0.481 e. The Morgan fingerprint density at radius 2 is 1.95 bits per heavy atom. The number of hydrogen-bond acceptors (Lipinski definition) is 2. The Morgan fingerprint density at radius 1 is 1.33 bits per heavy atom. The highest BCUT2D eigenvalue weighted by Gasteiger charge is 2.25. The number of carbonyl (C=O) groups is 2. The average molecular weight is 295 g/mol. The summed E-state index contributed by atoms with van der Waals surface area (Å²) in [6, 6.07) is 4.32. The number of halogens is 1. The second-order valence-electron chi connectivity index (χ2n) is 6.49. The molecule has 0 aliphatic rings. The molecule has 1 rings (SSSR count). The number of carboxylic acids is 1. The molecular weight excluding hydrogens is 273 g/mol. The van der Waals surface area contributed by atoms with Gasteiger partial charge in [0, 0.05) is 6.54 Å². The quantitative estimate of drug-likeness (QED) is 0.877. The molecule has 1 unspecified atom stereocenters. The van der Waals surface area contributed by atoms with Crippen molar-refractivity contribution in [3.63, 3.8) is 0 Å². The molecule has 0 spiro atoms. The largest absolute Gasteiger partial charge is 0.481 e. The molecule has 0 fully saturated rings. The monoisotopic (exact) mass is 295 g/mol. The SMILES string of the molecule is Cc1ccc(C(=O)NCC(CC(C)(C)C)C(=O)O)c(F)c1. The van der Waals surface area contributed by atoms with E-state index in [1.165, 1.54) is 12.1 Å². The van der Waals surface area contributed by atoms with Crippen molar-refractivity contribution in [2.75, 3.05) is 6.54 Å². The summed E-state index contributed by atoms with van der Waals surface area (Å²) >= 11 is 0. The van der Waals surface area contributed by atoms with Gasteiger partial charge in [-0.3, -0.25) is 9.59 Å². The molecule has 116 valence electrons. The van der Waals surface area contributed by atoms with Crippen molar-refractivity contribution in [1.82, 2.24) is 5.32 Å². The first-order valence-electron chi connectivity index (χ1n) is 6.87. The summed E-state index contributed by atoms with van der Waals surface area (Å²) in [7, 11) is 0. The molecule has 4 nitrogen and oxygen atoms in total. The van der Waals surface area contributed by atoms with Crippen LogP contribution in [0.3, 0.4) is 0 Å². The Balaban J connectivity index is 2.71. The van der Waals surface area contributed by atoms with E-state index in [1.807, 2.05) is 20.8 Å². The first kappa shape index (κ1) is 17.1. The number of amides is 1. The van der Waals surface area contributed by atoms with Gasteiger partial charge in [0.15, 0.2) is 0 Å². The fraction of sp³-hybridized carbons (Fsp3) is 0.500. The van der Waals surface area contributed by atoms with Gasteiger partial charge in [0.05, 0.1) is 11.5 Å². The third-order valence-corrected chi connectivity index (χ3v) is 3.09. The number of carboxylic acid groups (broad SMARTS) is 1. The lowest BCUT2D eigenvalue weighted by Crippen LogP contribution is -2.35. The second-order valence-corrected chi connectivity index (χ2v) is 6.49. The highest BCUT2D eigenvalue weighted by atomic mass is 19.1. The van der Waals surface area contributed by atoms with E-state index in [2.05, 4.69) is 5.32 Å². The molecule has 2 N–H and O–H groups in total. The van der Waals surface area contributed by atoms with Crippen molar-refractivity contribution in [3.05, 3.63) is 35.1 Å². The lowest BCUT2D eigenvalue weighted by atomic mass is 9.84. The summed E-state index contributed by atoms with van der Waals surface area (Å²) in [5.41, 5.74) is 0.490. The summed E-state index contributed by atoms with van der Waals surface area (Å²) in [6.07, 6.45) is 0.430. The molecule has 0 aliphatic heterocycles. The Hall–Kier alpha value is -1.91. The number of nitrogens with one attached hydrogen (secondary N) is 1. The maximum absolute atomic E-state index is 13.7. The van der Waals surface area contributed by atoms with Crippen molar-refractivity contribution in [2.24, 2.45) is 11.3 Å². The molecule has 1 aromatic carbocycles. The van der Waals surface area contributed by atoms with Gasteiger partial charge in [0.2, 0.25) is 0 Å². The first-order chi connectivity index (χ1) is 9.60. The van der Waals surface area contributed by atoms with Gasteiger partial charge in [-0.15, -0.1) is 0 Å². The van der Waals surface area contributed by atoms with Crippen LogP contribution in [0.15, 0.2) is 18.2 Å². The van der Waals surface area contributed by atoms with Gasteiger partial charge in [-0.05, 0) is 36.5 Å². The number of hydrogen-bond donors (Lipinski definition) is 2. The van der Waals surface area contributed by atoms with Crippen molar-refractivity contribution in [1.29, 1.82) is 0 Å². The van der Waals surface area contributed by atoms with E-state index in [-0.39, 0.29) is 17.5 Å². The lowest BCUT2D eigenvalue weighted by molar-refractivity contribution is -0.142. The zero-order valence-corrected chi connectivity index (χ0v) is 12.9. The van der Waals surface area contributed by atoms with Crippen molar-refractivity contribution < 1.29 is 19.1 Å². The smallest absolute Gasteiger partial charge is 0.308 e. The normalized spacial score (nSPS) is 12.8. The molecule has 1 aromatic rings. The fourth-order valence-electron chi connectivity index (χ4n) is 2.10. The summed E-state index contributed by atoms with van der Waals surface area (Å²) in [4.78, 5) is 23.1. The van der Waals surface area contributed by atoms with Gasteiger partial charge in [0.1, 0.15) is 5.82 Å². The van der Waals surface area contributed by atoms with Crippen molar-refractivity contribution in [2.45, 2.75) is 34.1 Å². The van der Waals surface area contributed by atoms with Gasteiger partial charge in [-0.1, -0.05) is 26.8 Å². The zero-order chi connectivity index (χ0) is 16.2. The Labute approximate surface area is 124 Å². The molecule has 0 bridgehead atoms. The van der Waals surface area contributed by atoms with Crippen molar-refractivity contribution >= 4 is 11.9 Å². The fourth-order valence-corrected chi connectivity index (χ4v) is 2.10. The molecule has 21 heavy (non-hydrogen) atoms. The highest BCUT2D eigenvalue weighted by molar-refractivity contribution is 5.94. The van der Waals surface area contributed by atoms with Gasteiger partial charge in [-0.2, -0.15) is 0 Å². The van der Waals surface area contributed by atoms with E-state index in [0.29, 0.717) is 6.42 Å². The minimum atomic E-state index is -0.963. The molecule has 0 radical (unpaired) electrons. The molecule has 1 atom stereocenters. The number of carbonyl (C=O) groups excluding carboxylic acids is 1. The van der Waals surface area contributed by atoms with E-state index in [1.54, 1.807) is 13.0 Å². The molecular formula is C16H22FNO3. The number of aryl methyl sites for hydroxylation is 1. The van der Waals surface area contributed by atoms with Crippen LogP contribution < -0.4 is 5.32 Å².